The van der Waals surface area contributed by atoms with Gasteiger partial charge in [-0.1, -0.05) is 15.9 Å². The van der Waals surface area contributed by atoms with Crippen molar-refractivity contribution in [2.45, 2.75) is 37.5 Å². The number of amides is 1. The Hall–Kier alpha value is -0.940. The number of carbonyl (C=O) groups is 1. The van der Waals surface area contributed by atoms with Crippen LogP contribution in [0.5, 0.6) is 0 Å². The number of carbonyl (C=O) groups excluding carboxylic acids is 1. The summed E-state index contributed by atoms with van der Waals surface area (Å²) in [7, 11) is 0. The lowest BCUT2D eigenvalue weighted by atomic mass is 9.95. The van der Waals surface area contributed by atoms with Gasteiger partial charge in [0.2, 0.25) is 0 Å². The zero-order chi connectivity index (χ0) is 12.7. The number of hydrogen-bond acceptors (Lipinski definition) is 2. The SMILES string of the molecule is O=C(NC1CC2CCC1O2)c1ccc(Br)cc1F. The van der Waals surface area contributed by atoms with Crippen LogP contribution in [0.3, 0.4) is 0 Å². The molecule has 0 radical (unpaired) electrons. The Balaban J connectivity index is 1.71. The Labute approximate surface area is 113 Å². The molecule has 18 heavy (non-hydrogen) atoms. The van der Waals surface area contributed by atoms with Gasteiger partial charge >= 0.3 is 0 Å². The van der Waals surface area contributed by atoms with Crippen LogP contribution in [0.1, 0.15) is 29.6 Å². The molecule has 1 aromatic carbocycles. The molecule has 5 heteroatoms. The highest BCUT2D eigenvalue weighted by molar-refractivity contribution is 9.10. The van der Waals surface area contributed by atoms with Crippen LogP contribution in [-0.4, -0.2) is 24.2 Å². The second kappa shape index (κ2) is 4.63. The number of nitrogens with one attached hydrogen (secondary N) is 1. The Kier molecular flexibility index (Phi) is 3.11. The van der Waals surface area contributed by atoms with Crippen molar-refractivity contribution in [3.05, 3.63) is 34.1 Å². The smallest absolute Gasteiger partial charge is 0.254 e. The highest BCUT2D eigenvalue weighted by Gasteiger charge is 2.41. The van der Waals surface area contributed by atoms with Crippen LogP contribution in [0.2, 0.25) is 0 Å². The molecule has 96 valence electrons. The summed E-state index contributed by atoms with van der Waals surface area (Å²) in [5.41, 5.74) is 0.0842. The molecule has 0 spiro atoms. The van der Waals surface area contributed by atoms with Crippen LogP contribution in [0.4, 0.5) is 4.39 Å². The van der Waals surface area contributed by atoms with E-state index < -0.39 is 5.82 Å². The maximum Gasteiger partial charge on any atom is 0.254 e. The van der Waals surface area contributed by atoms with Gasteiger partial charge in [0.05, 0.1) is 23.8 Å². The van der Waals surface area contributed by atoms with Gasteiger partial charge in [0.15, 0.2) is 0 Å². The van der Waals surface area contributed by atoms with Crippen molar-refractivity contribution < 1.29 is 13.9 Å². The summed E-state index contributed by atoms with van der Waals surface area (Å²) in [6.45, 7) is 0. The van der Waals surface area contributed by atoms with Crippen molar-refractivity contribution in [2.75, 3.05) is 0 Å². The third-order valence-electron chi connectivity index (χ3n) is 3.60. The minimum Gasteiger partial charge on any atom is -0.373 e. The Morgan fingerprint density at radius 3 is 2.89 bits per heavy atom. The molecule has 2 aliphatic rings. The summed E-state index contributed by atoms with van der Waals surface area (Å²) in [5.74, 6) is -0.868. The lowest BCUT2D eigenvalue weighted by Crippen LogP contribution is -2.41. The molecule has 2 saturated heterocycles. The summed E-state index contributed by atoms with van der Waals surface area (Å²) in [4.78, 5) is 12.0. The van der Waals surface area contributed by atoms with Gasteiger partial charge in [-0.05, 0) is 37.5 Å². The Morgan fingerprint density at radius 2 is 2.28 bits per heavy atom. The van der Waals surface area contributed by atoms with Crippen LogP contribution in [0.15, 0.2) is 22.7 Å². The first-order valence-corrected chi connectivity index (χ1v) is 6.84. The zero-order valence-electron chi connectivity index (χ0n) is 9.66. The molecule has 2 bridgehead atoms. The Morgan fingerprint density at radius 1 is 1.44 bits per heavy atom. The van der Waals surface area contributed by atoms with E-state index in [0.29, 0.717) is 4.47 Å². The second-order valence-electron chi connectivity index (χ2n) is 4.81. The highest BCUT2D eigenvalue weighted by Crippen LogP contribution is 2.34. The van der Waals surface area contributed by atoms with Crippen LogP contribution >= 0.6 is 15.9 Å². The van der Waals surface area contributed by atoms with E-state index in [2.05, 4.69) is 21.2 Å². The largest absolute Gasteiger partial charge is 0.373 e. The molecule has 1 aromatic rings. The van der Waals surface area contributed by atoms with Crippen molar-refractivity contribution >= 4 is 21.8 Å². The van der Waals surface area contributed by atoms with Crippen molar-refractivity contribution in [1.29, 1.82) is 0 Å². The lowest BCUT2D eigenvalue weighted by Gasteiger charge is -2.20. The van der Waals surface area contributed by atoms with Crippen molar-refractivity contribution in [2.24, 2.45) is 0 Å². The summed E-state index contributed by atoms with van der Waals surface area (Å²) >= 11 is 3.17. The molecule has 1 amide bonds. The van der Waals surface area contributed by atoms with Crippen LogP contribution < -0.4 is 5.32 Å². The average molecular weight is 314 g/mol. The molecule has 0 aromatic heterocycles. The molecule has 3 rings (SSSR count). The molecule has 2 heterocycles. The van der Waals surface area contributed by atoms with E-state index in [1.165, 1.54) is 12.1 Å². The quantitative estimate of drug-likeness (QED) is 0.911. The van der Waals surface area contributed by atoms with Crippen molar-refractivity contribution in [3.8, 4) is 0 Å². The number of ether oxygens (including phenoxy) is 1. The fraction of sp³-hybridized carbons (Fsp3) is 0.462. The van der Waals surface area contributed by atoms with Gasteiger partial charge in [-0.3, -0.25) is 4.79 Å². The van der Waals surface area contributed by atoms with E-state index in [9.17, 15) is 9.18 Å². The molecular weight excluding hydrogens is 301 g/mol. The molecule has 2 aliphatic heterocycles. The van der Waals surface area contributed by atoms with Crippen LogP contribution in [0.25, 0.3) is 0 Å². The first-order chi connectivity index (χ1) is 8.63. The van der Waals surface area contributed by atoms with E-state index >= 15 is 0 Å². The zero-order valence-corrected chi connectivity index (χ0v) is 11.2. The molecule has 3 unspecified atom stereocenters. The number of halogens is 2. The molecule has 3 atom stereocenters. The lowest BCUT2D eigenvalue weighted by molar-refractivity contribution is 0.0838. The first-order valence-electron chi connectivity index (χ1n) is 6.05. The van der Waals surface area contributed by atoms with E-state index in [1.54, 1.807) is 6.07 Å². The van der Waals surface area contributed by atoms with Gasteiger partial charge in [0.1, 0.15) is 5.82 Å². The molecular formula is C13H13BrFNO2. The van der Waals surface area contributed by atoms with E-state index in [0.717, 1.165) is 19.3 Å². The van der Waals surface area contributed by atoms with Gasteiger partial charge in [-0.25, -0.2) is 4.39 Å². The number of benzene rings is 1. The monoisotopic (exact) mass is 313 g/mol. The van der Waals surface area contributed by atoms with E-state index in [-0.39, 0.29) is 29.7 Å². The number of rotatable bonds is 2. The Bertz CT molecular complexity index is 494. The maximum atomic E-state index is 13.6. The first kappa shape index (κ1) is 12.1. The molecule has 2 fully saturated rings. The summed E-state index contributed by atoms with van der Waals surface area (Å²) in [6.07, 6.45) is 3.28. The third-order valence-corrected chi connectivity index (χ3v) is 4.09. The van der Waals surface area contributed by atoms with Gasteiger partial charge in [0, 0.05) is 4.47 Å². The maximum absolute atomic E-state index is 13.6. The van der Waals surface area contributed by atoms with Gasteiger partial charge in [0.25, 0.3) is 5.91 Å². The minimum atomic E-state index is -0.508. The minimum absolute atomic E-state index is 0.0271. The highest BCUT2D eigenvalue weighted by atomic mass is 79.9. The van der Waals surface area contributed by atoms with Gasteiger partial charge in [-0.15, -0.1) is 0 Å². The average Bonchev–Trinajstić information content (AvgIpc) is 2.90. The second-order valence-corrected chi connectivity index (χ2v) is 5.73. The summed E-state index contributed by atoms with van der Waals surface area (Å²) < 4.78 is 19.9. The van der Waals surface area contributed by atoms with Crippen molar-refractivity contribution in [1.82, 2.24) is 5.32 Å². The summed E-state index contributed by atoms with van der Waals surface area (Å²) in [6, 6.07) is 4.48. The van der Waals surface area contributed by atoms with Gasteiger partial charge in [-0.2, -0.15) is 0 Å². The van der Waals surface area contributed by atoms with Crippen LogP contribution in [-0.2, 0) is 4.74 Å². The standard InChI is InChI=1S/C13H13BrFNO2/c14-7-1-3-9(10(15)5-7)13(17)16-11-6-8-2-4-12(11)18-8/h1,3,5,8,11-12H,2,4,6H2,(H,16,17). The molecule has 0 aliphatic carbocycles. The summed E-state index contributed by atoms with van der Waals surface area (Å²) in [5, 5.41) is 2.87. The fourth-order valence-corrected chi connectivity index (χ4v) is 3.04. The fourth-order valence-electron chi connectivity index (χ4n) is 2.71. The van der Waals surface area contributed by atoms with Crippen LogP contribution in [0, 0.1) is 5.82 Å². The number of hydrogen-bond donors (Lipinski definition) is 1. The predicted molar refractivity (Wildman–Crippen MR) is 67.9 cm³/mol. The topological polar surface area (TPSA) is 38.3 Å². The molecule has 0 saturated carbocycles. The third kappa shape index (κ3) is 2.17. The van der Waals surface area contributed by atoms with E-state index in [1.807, 2.05) is 0 Å². The predicted octanol–water partition coefficient (Wildman–Crippen LogP) is 2.64. The van der Waals surface area contributed by atoms with Gasteiger partial charge < -0.3 is 10.1 Å². The molecule has 3 nitrogen and oxygen atoms in total. The normalized spacial score (nSPS) is 29.6. The van der Waals surface area contributed by atoms with E-state index in [4.69, 9.17) is 4.74 Å². The number of fused-ring (bicyclic) bond motifs is 2. The van der Waals surface area contributed by atoms with Crippen molar-refractivity contribution in [3.63, 3.8) is 0 Å². The molecule has 1 N–H and O–H groups in total.